The Kier molecular flexibility index (Phi) is 14.9. The third-order valence-electron chi connectivity index (χ3n) is 18.4. The smallest absolute Gasteiger partial charge is 0.187 e. The second-order valence-corrected chi connectivity index (χ2v) is 22.4. The maximum Gasteiger partial charge on any atom is 0.187 e. The summed E-state index contributed by atoms with van der Waals surface area (Å²) in [5, 5.41) is 118. The minimum atomic E-state index is -1.67. The third kappa shape index (κ3) is 8.49. The molecule has 17 nitrogen and oxygen atoms in total. The van der Waals surface area contributed by atoms with Gasteiger partial charge in [0.05, 0.1) is 37.6 Å². The van der Waals surface area contributed by atoms with E-state index < -0.39 is 123 Å². The number of aliphatic hydroxyl groups is 11. The van der Waals surface area contributed by atoms with Crippen LogP contribution in [0.15, 0.2) is 11.6 Å². The van der Waals surface area contributed by atoms with Gasteiger partial charge < -0.3 is 84.6 Å². The van der Waals surface area contributed by atoms with E-state index in [2.05, 4.69) is 40.7 Å². The van der Waals surface area contributed by atoms with Crippen LogP contribution in [0.25, 0.3) is 0 Å². The highest BCUT2D eigenvalue weighted by molar-refractivity contribution is 5.20. The van der Waals surface area contributed by atoms with Crippen LogP contribution in [0.4, 0.5) is 0 Å². The molecule has 64 heavy (non-hydrogen) atoms. The van der Waals surface area contributed by atoms with Crippen LogP contribution in [-0.4, -0.2) is 180 Å². The van der Waals surface area contributed by atoms with Crippen LogP contribution in [0.2, 0.25) is 0 Å². The van der Waals surface area contributed by atoms with Crippen molar-refractivity contribution in [2.45, 2.75) is 217 Å². The van der Waals surface area contributed by atoms with E-state index in [1.54, 1.807) is 0 Å². The normalized spacial score (nSPS) is 52.3. The van der Waals surface area contributed by atoms with Crippen molar-refractivity contribution in [3.8, 4) is 0 Å². The van der Waals surface area contributed by atoms with Gasteiger partial charge in [-0.15, -0.1) is 0 Å². The van der Waals surface area contributed by atoms with Gasteiger partial charge in [0, 0.05) is 0 Å². The molecule has 0 amide bonds. The summed E-state index contributed by atoms with van der Waals surface area (Å²) in [6, 6.07) is 0. The van der Waals surface area contributed by atoms with Crippen molar-refractivity contribution in [1.29, 1.82) is 0 Å². The van der Waals surface area contributed by atoms with Crippen molar-refractivity contribution < 1.29 is 84.6 Å². The van der Waals surface area contributed by atoms with Gasteiger partial charge >= 0.3 is 0 Å². The first-order valence-corrected chi connectivity index (χ1v) is 23.8. The van der Waals surface area contributed by atoms with Crippen molar-refractivity contribution >= 4 is 0 Å². The third-order valence-corrected chi connectivity index (χ3v) is 18.4. The van der Waals surface area contributed by atoms with Gasteiger partial charge in [-0.05, 0) is 124 Å². The molecule has 7 aliphatic rings. The Balaban J connectivity index is 1.11. The molecule has 3 heterocycles. The Labute approximate surface area is 377 Å². The van der Waals surface area contributed by atoms with E-state index >= 15 is 0 Å². The summed E-state index contributed by atoms with van der Waals surface area (Å²) in [6.07, 6.45) is -11.9. The van der Waals surface area contributed by atoms with E-state index in [4.69, 9.17) is 28.4 Å². The number of hydrogen-bond donors (Lipinski definition) is 11. The molecule has 0 aromatic heterocycles. The fourth-order valence-electron chi connectivity index (χ4n) is 14.6. The second-order valence-electron chi connectivity index (χ2n) is 22.4. The van der Waals surface area contributed by atoms with Gasteiger partial charge in [0.15, 0.2) is 18.9 Å². The Hall–Kier alpha value is -0.940. The quantitative estimate of drug-likeness (QED) is 0.0892. The molecule has 4 aliphatic carbocycles. The molecule has 0 bridgehead atoms. The monoisotopic (exact) mass is 917 g/mol. The average molecular weight is 917 g/mol. The highest BCUT2D eigenvalue weighted by Crippen LogP contribution is 2.76. The summed E-state index contributed by atoms with van der Waals surface area (Å²) < 4.78 is 36.6. The molecule has 24 atom stereocenters. The Morgan fingerprint density at radius 2 is 1.19 bits per heavy atom. The number of allylic oxidation sites excluding steroid dienone is 2. The zero-order valence-electron chi connectivity index (χ0n) is 39.0. The van der Waals surface area contributed by atoms with E-state index in [1.807, 2.05) is 20.8 Å². The molecule has 0 aromatic rings. The van der Waals surface area contributed by atoms with Crippen molar-refractivity contribution in [1.82, 2.24) is 0 Å². The lowest BCUT2D eigenvalue weighted by Gasteiger charge is -2.71. The zero-order chi connectivity index (χ0) is 47.1. The molecule has 4 saturated carbocycles. The topological polar surface area (TPSA) is 278 Å². The first-order chi connectivity index (χ1) is 29.9. The van der Waals surface area contributed by atoms with Crippen LogP contribution in [0.3, 0.4) is 0 Å². The molecule has 370 valence electrons. The van der Waals surface area contributed by atoms with Gasteiger partial charge in [-0.25, -0.2) is 0 Å². The van der Waals surface area contributed by atoms with Crippen LogP contribution < -0.4 is 0 Å². The van der Waals surface area contributed by atoms with Crippen LogP contribution in [-0.2, 0) is 28.4 Å². The molecule has 0 spiro atoms. The first kappa shape index (κ1) is 50.9. The first-order valence-electron chi connectivity index (χ1n) is 23.8. The van der Waals surface area contributed by atoms with E-state index in [-0.39, 0.29) is 46.0 Å². The largest absolute Gasteiger partial charge is 0.394 e. The van der Waals surface area contributed by atoms with Crippen LogP contribution >= 0.6 is 0 Å². The molecule has 7 fully saturated rings. The summed E-state index contributed by atoms with van der Waals surface area (Å²) in [5.74, 6) is -0.0472. The lowest BCUT2D eigenvalue weighted by molar-refractivity contribution is -0.342. The maximum absolute atomic E-state index is 12.7. The minimum Gasteiger partial charge on any atom is -0.394 e. The number of hydrogen-bond acceptors (Lipinski definition) is 17. The highest BCUT2D eigenvalue weighted by Gasteiger charge is 2.72. The number of aliphatic hydroxyl groups excluding tert-OH is 11. The lowest BCUT2D eigenvalue weighted by Crippen LogP contribution is -2.67. The molecule has 7 rings (SSSR count). The van der Waals surface area contributed by atoms with Gasteiger partial charge in [-0.1, -0.05) is 46.3 Å². The van der Waals surface area contributed by atoms with Crippen LogP contribution in [0.1, 0.15) is 113 Å². The molecule has 3 saturated heterocycles. The minimum absolute atomic E-state index is 0.149. The molecule has 3 aliphatic heterocycles. The number of rotatable bonds is 13. The standard InChI is InChI=1S/C47H80O17/c1-22(2)10-9-14-47(8,64-42-39(58)36(55)34(53)27(62-42)21-59-40-37(56)33(52)26(20-49)60-40)23-11-16-46(7)31(23)24(50)18-29-44(5)15-13-30(43(3,4)28(44)12-17-45(29,46)6)63-41-38(57)35(54)32(51)25(19-48)61-41/h10,23-42,48-58H,9,11-21H2,1-8H3/t23-,24+,25+,26+,27+,28+,29+,30-,31-,32-,33+,34+,35+,36-,37-,38-,39+,40+,41-,42-,44-,45+,46+,47-/m0/s1. The molecule has 0 aromatic carbocycles. The van der Waals surface area contributed by atoms with E-state index in [0.29, 0.717) is 25.7 Å². The Bertz CT molecular complexity index is 1630. The SMILES string of the molecule is CC(C)=CCC[C@](C)(O[C@@H]1O[C@H](CO[C@@H]2O[C@H](CO)[C@@H](O)[C@@H]2O)[C@@H](O)[C@H](O)[C@H]1O)[C@H]1CC[C@]2(C)[C@@H]1[C@H](O)C[C@@H]1[C@@]3(C)CC[C@H](O[C@@H]4O[C@H](CO)[C@H](O)[C@@H](O)[C@@H]4O)C(C)(C)[C@H]3CC[C@]12C. The van der Waals surface area contributed by atoms with Gasteiger partial charge in [-0.2, -0.15) is 0 Å². The number of ether oxygens (including phenoxy) is 6. The van der Waals surface area contributed by atoms with E-state index in [0.717, 1.165) is 37.7 Å². The molecular weight excluding hydrogens is 836 g/mol. The van der Waals surface area contributed by atoms with E-state index in [1.165, 1.54) is 0 Å². The fraction of sp³-hybridized carbons (Fsp3) is 0.957. The average Bonchev–Trinajstić information content (AvgIpc) is 3.76. The van der Waals surface area contributed by atoms with Gasteiger partial charge in [0.2, 0.25) is 0 Å². The molecule has 17 heteroatoms. The van der Waals surface area contributed by atoms with Crippen molar-refractivity contribution in [2.24, 2.45) is 45.3 Å². The summed E-state index contributed by atoms with van der Waals surface area (Å²) in [4.78, 5) is 0. The van der Waals surface area contributed by atoms with Gasteiger partial charge in [-0.3, -0.25) is 0 Å². The molecule has 0 radical (unpaired) electrons. The summed E-state index contributed by atoms with van der Waals surface area (Å²) in [7, 11) is 0. The van der Waals surface area contributed by atoms with Gasteiger partial charge in [0.25, 0.3) is 0 Å². The Morgan fingerprint density at radius 1 is 0.641 bits per heavy atom. The molecule has 0 unspecified atom stereocenters. The summed E-state index contributed by atoms with van der Waals surface area (Å²) >= 11 is 0. The lowest BCUT2D eigenvalue weighted by atomic mass is 9.35. The predicted octanol–water partition coefficient (Wildman–Crippen LogP) is 0.612. The fourth-order valence-corrected chi connectivity index (χ4v) is 14.6. The maximum atomic E-state index is 12.7. The van der Waals surface area contributed by atoms with E-state index in [9.17, 15) is 56.2 Å². The van der Waals surface area contributed by atoms with Crippen molar-refractivity contribution in [2.75, 3.05) is 19.8 Å². The zero-order valence-corrected chi connectivity index (χ0v) is 39.0. The molecular formula is C47H80O17. The van der Waals surface area contributed by atoms with Gasteiger partial charge in [0.1, 0.15) is 67.1 Å². The van der Waals surface area contributed by atoms with Crippen molar-refractivity contribution in [3.05, 3.63) is 11.6 Å². The Morgan fingerprint density at radius 3 is 1.81 bits per heavy atom. The predicted molar refractivity (Wildman–Crippen MR) is 228 cm³/mol. The molecule has 11 N–H and O–H groups in total. The highest BCUT2D eigenvalue weighted by atomic mass is 16.7. The second kappa shape index (κ2) is 18.8. The van der Waals surface area contributed by atoms with Crippen molar-refractivity contribution in [3.63, 3.8) is 0 Å². The summed E-state index contributed by atoms with van der Waals surface area (Å²) in [6.45, 7) is 16.1. The van der Waals surface area contributed by atoms with Crippen LogP contribution in [0, 0.1) is 45.3 Å². The number of fused-ring (bicyclic) bond motifs is 5. The van der Waals surface area contributed by atoms with Crippen LogP contribution in [0.5, 0.6) is 0 Å². The summed E-state index contributed by atoms with van der Waals surface area (Å²) in [5.41, 5.74) is -0.947.